The van der Waals surface area contributed by atoms with Crippen molar-refractivity contribution in [3.05, 3.63) is 23.8 Å². The van der Waals surface area contributed by atoms with Gasteiger partial charge in [-0.2, -0.15) is 0 Å². The molecule has 0 spiro atoms. The summed E-state index contributed by atoms with van der Waals surface area (Å²) in [6.45, 7) is 1.34. The number of hydrogen-bond donors (Lipinski definition) is 5. The SMILES string of the molecule is C[C@]1(C(=O)O)N[C@H](c2ccc(O)cc2O)[C@@H]2C(=O)NC(=O)[C@H]21. The Hall–Kier alpha value is -2.61. The summed E-state index contributed by atoms with van der Waals surface area (Å²) < 4.78 is 0. The topological polar surface area (TPSA) is 136 Å². The second-order valence-corrected chi connectivity index (χ2v) is 5.73. The van der Waals surface area contributed by atoms with Crippen molar-refractivity contribution in [2.24, 2.45) is 11.8 Å². The summed E-state index contributed by atoms with van der Waals surface area (Å²) in [6.07, 6.45) is 0. The number of benzene rings is 1. The van der Waals surface area contributed by atoms with Crippen LogP contribution in [0.4, 0.5) is 0 Å². The number of hydrogen-bond acceptors (Lipinski definition) is 6. The van der Waals surface area contributed by atoms with Gasteiger partial charge in [0, 0.05) is 17.7 Å². The molecule has 5 N–H and O–H groups in total. The maximum atomic E-state index is 12.0. The lowest BCUT2D eigenvalue weighted by molar-refractivity contribution is -0.148. The number of amides is 2. The number of phenols is 2. The zero-order chi connectivity index (χ0) is 16.2. The van der Waals surface area contributed by atoms with Gasteiger partial charge in [-0.25, -0.2) is 0 Å². The normalized spacial score (nSPS) is 33.6. The first-order valence-electron chi connectivity index (χ1n) is 6.63. The highest BCUT2D eigenvalue weighted by atomic mass is 16.4. The lowest BCUT2D eigenvalue weighted by Gasteiger charge is -2.25. The molecule has 0 aromatic heterocycles. The highest BCUT2D eigenvalue weighted by molar-refractivity contribution is 6.09. The van der Waals surface area contributed by atoms with E-state index < -0.39 is 41.2 Å². The maximum absolute atomic E-state index is 12.0. The summed E-state index contributed by atoms with van der Waals surface area (Å²) in [6, 6.07) is 2.95. The number of imide groups is 1. The van der Waals surface area contributed by atoms with Gasteiger partial charge < -0.3 is 15.3 Å². The number of nitrogens with one attached hydrogen (secondary N) is 2. The lowest BCUT2D eigenvalue weighted by Crippen LogP contribution is -2.52. The van der Waals surface area contributed by atoms with Gasteiger partial charge in [-0.3, -0.25) is 25.0 Å². The van der Waals surface area contributed by atoms with Crippen LogP contribution in [-0.4, -0.2) is 38.6 Å². The molecule has 8 nitrogen and oxygen atoms in total. The van der Waals surface area contributed by atoms with Crippen molar-refractivity contribution in [2.45, 2.75) is 18.5 Å². The summed E-state index contributed by atoms with van der Waals surface area (Å²) in [5.74, 6) is -4.94. The van der Waals surface area contributed by atoms with E-state index in [0.717, 1.165) is 6.07 Å². The molecule has 4 atom stereocenters. The third kappa shape index (κ3) is 1.77. The predicted molar refractivity (Wildman–Crippen MR) is 71.8 cm³/mol. The number of phenolic OH excluding ortho intramolecular Hbond substituents is 2. The molecule has 3 rings (SSSR count). The Balaban J connectivity index is 2.11. The van der Waals surface area contributed by atoms with Gasteiger partial charge in [0.25, 0.3) is 0 Å². The van der Waals surface area contributed by atoms with E-state index in [0.29, 0.717) is 0 Å². The van der Waals surface area contributed by atoms with Crippen LogP contribution in [0.25, 0.3) is 0 Å². The van der Waals surface area contributed by atoms with Gasteiger partial charge in [0.15, 0.2) is 0 Å². The fourth-order valence-corrected chi connectivity index (χ4v) is 3.33. The predicted octanol–water partition coefficient (Wildman–Crippen LogP) is -0.526. The number of carboxylic acids is 1. The van der Waals surface area contributed by atoms with Gasteiger partial charge in [-0.05, 0) is 13.0 Å². The molecular weight excluding hydrogens is 292 g/mol. The van der Waals surface area contributed by atoms with E-state index in [4.69, 9.17) is 0 Å². The van der Waals surface area contributed by atoms with Crippen LogP contribution < -0.4 is 10.6 Å². The number of carbonyl (C=O) groups is 3. The molecule has 2 heterocycles. The van der Waals surface area contributed by atoms with Crippen LogP contribution in [0.1, 0.15) is 18.5 Å². The molecule has 8 heteroatoms. The summed E-state index contributed by atoms with van der Waals surface area (Å²) in [5, 5.41) is 33.7. The minimum Gasteiger partial charge on any atom is -0.508 e. The Morgan fingerprint density at radius 3 is 2.50 bits per heavy atom. The van der Waals surface area contributed by atoms with Crippen LogP contribution in [0.15, 0.2) is 18.2 Å². The molecule has 0 bridgehead atoms. The molecule has 1 aromatic rings. The molecule has 2 amide bonds. The number of rotatable bonds is 2. The number of fused-ring (bicyclic) bond motifs is 1. The van der Waals surface area contributed by atoms with E-state index in [2.05, 4.69) is 10.6 Å². The Morgan fingerprint density at radius 1 is 1.23 bits per heavy atom. The molecule has 0 aliphatic carbocycles. The van der Waals surface area contributed by atoms with Gasteiger partial charge >= 0.3 is 5.97 Å². The zero-order valence-electron chi connectivity index (χ0n) is 11.5. The highest BCUT2D eigenvalue weighted by Crippen LogP contribution is 2.48. The fraction of sp³-hybridized carbons (Fsp3) is 0.357. The fourth-order valence-electron chi connectivity index (χ4n) is 3.33. The Labute approximate surface area is 124 Å². The van der Waals surface area contributed by atoms with Crippen LogP contribution in [-0.2, 0) is 14.4 Å². The third-order valence-corrected chi connectivity index (χ3v) is 4.42. The van der Waals surface area contributed by atoms with Crippen molar-refractivity contribution in [1.29, 1.82) is 0 Å². The van der Waals surface area contributed by atoms with Crippen molar-refractivity contribution in [2.75, 3.05) is 0 Å². The summed E-state index contributed by atoms with van der Waals surface area (Å²) in [4.78, 5) is 35.6. The Morgan fingerprint density at radius 2 is 1.91 bits per heavy atom. The maximum Gasteiger partial charge on any atom is 0.324 e. The molecule has 0 unspecified atom stereocenters. The third-order valence-electron chi connectivity index (χ3n) is 4.42. The number of aromatic hydroxyl groups is 2. The molecule has 22 heavy (non-hydrogen) atoms. The molecule has 2 fully saturated rings. The second kappa shape index (κ2) is 4.44. The van der Waals surface area contributed by atoms with Gasteiger partial charge in [-0.15, -0.1) is 0 Å². The lowest BCUT2D eigenvalue weighted by atomic mass is 9.80. The minimum absolute atomic E-state index is 0.163. The average Bonchev–Trinajstić information content (AvgIpc) is 2.88. The monoisotopic (exact) mass is 306 g/mol. The molecular formula is C14H14N2O6. The van der Waals surface area contributed by atoms with Crippen LogP contribution >= 0.6 is 0 Å². The molecule has 116 valence electrons. The van der Waals surface area contributed by atoms with E-state index in [-0.39, 0.29) is 17.1 Å². The van der Waals surface area contributed by atoms with Crippen LogP contribution in [0.3, 0.4) is 0 Å². The van der Waals surface area contributed by atoms with E-state index in [1.807, 2.05) is 0 Å². The second-order valence-electron chi connectivity index (χ2n) is 5.73. The minimum atomic E-state index is -1.63. The largest absolute Gasteiger partial charge is 0.508 e. The Kier molecular flexibility index (Phi) is 2.89. The smallest absolute Gasteiger partial charge is 0.324 e. The van der Waals surface area contributed by atoms with Crippen molar-refractivity contribution in [3.63, 3.8) is 0 Å². The van der Waals surface area contributed by atoms with Crippen molar-refractivity contribution in [3.8, 4) is 11.5 Å². The zero-order valence-corrected chi connectivity index (χ0v) is 11.5. The van der Waals surface area contributed by atoms with E-state index >= 15 is 0 Å². The van der Waals surface area contributed by atoms with Crippen LogP contribution in [0, 0.1) is 11.8 Å². The Bertz CT molecular complexity index is 703. The highest BCUT2D eigenvalue weighted by Gasteiger charge is 2.64. The number of aliphatic carboxylic acids is 1. The van der Waals surface area contributed by atoms with Gasteiger partial charge in [0.1, 0.15) is 17.0 Å². The molecule has 0 saturated carbocycles. The van der Waals surface area contributed by atoms with Crippen molar-refractivity contribution >= 4 is 17.8 Å². The average molecular weight is 306 g/mol. The van der Waals surface area contributed by atoms with Crippen molar-refractivity contribution < 1.29 is 29.7 Å². The van der Waals surface area contributed by atoms with E-state index in [1.165, 1.54) is 19.1 Å². The van der Waals surface area contributed by atoms with Crippen LogP contribution in [0.5, 0.6) is 11.5 Å². The number of carboxylic acid groups (broad SMARTS) is 1. The van der Waals surface area contributed by atoms with E-state index in [1.54, 1.807) is 0 Å². The van der Waals surface area contributed by atoms with Gasteiger partial charge in [-0.1, -0.05) is 6.07 Å². The summed E-state index contributed by atoms with van der Waals surface area (Å²) >= 11 is 0. The first-order chi connectivity index (χ1) is 10.3. The first-order valence-corrected chi connectivity index (χ1v) is 6.63. The van der Waals surface area contributed by atoms with Gasteiger partial charge in [0.05, 0.1) is 11.8 Å². The van der Waals surface area contributed by atoms with Crippen molar-refractivity contribution in [1.82, 2.24) is 10.6 Å². The molecule has 1 aromatic carbocycles. The summed E-state index contributed by atoms with van der Waals surface area (Å²) in [5.41, 5.74) is -1.38. The molecule has 2 aliphatic heterocycles. The molecule has 2 aliphatic rings. The van der Waals surface area contributed by atoms with Gasteiger partial charge in [0.2, 0.25) is 11.8 Å². The number of carbonyl (C=O) groups excluding carboxylic acids is 2. The first kappa shape index (κ1) is 14.3. The van der Waals surface area contributed by atoms with Crippen LogP contribution in [0.2, 0.25) is 0 Å². The quantitative estimate of drug-likeness (QED) is 0.463. The summed E-state index contributed by atoms with van der Waals surface area (Å²) in [7, 11) is 0. The molecule has 2 saturated heterocycles. The van der Waals surface area contributed by atoms with E-state index in [9.17, 15) is 29.7 Å². The standard InChI is InChI=1S/C14H14N2O6/c1-14(13(21)22)9-8(11(19)15-12(9)20)10(16-14)6-3-2-5(17)4-7(6)18/h2-4,8-10,16-18H,1H3,(H,21,22)(H,15,19,20)/t8-,9+,10-,14+/m1/s1. The molecule has 0 radical (unpaired) electrons.